The molecule has 3 N–H and O–H groups in total. The third-order valence-electron chi connectivity index (χ3n) is 4.03. The number of piperidine rings is 1. The molecule has 0 radical (unpaired) electrons. The number of nitrogens with one attached hydrogen (secondary N) is 1. The topological polar surface area (TPSA) is 88.6 Å². The van der Waals surface area contributed by atoms with E-state index in [4.69, 9.17) is 10.2 Å². The number of likely N-dealkylation sites (tertiary alicyclic amines) is 1. The summed E-state index contributed by atoms with van der Waals surface area (Å²) in [6.45, 7) is 5.03. The van der Waals surface area contributed by atoms with Crippen LogP contribution in [0.1, 0.15) is 37.0 Å². The molecule has 0 aromatic carbocycles. The van der Waals surface area contributed by atoms with Gasteiger partial charge in [0.25, 0.3) is 5.91 Å². The Balaban J connectivity index is 1.96. The minimum atomic E-state index is -0.574. The van der Waals surface area contributed by atoms with Crippen molar-refractivity contribution >= 4 is 11.8 Å². The van der Waals surface area contributed by atoms with Crippen LogP contribution in [0, 0.1) is 5.92 Å². The molecule has 1 aliphatic heterocycles. The van der Waals surface area contributed by atoms with Crippen molar-refractivity contribution in [2.45, 2.75) is 38.8 Å². The van der Waals surface area contributed by atoms with Crippen molar-refractivity contribution in [3.63, 3.8) is 0 Å². The molecule has 2 amide bonds. The fourth-order valence-corrected chi connectivity index (χ4v) is 2.75. The molecule has 1 aliphatic rings. The maximum absolute atomic E-state index is 12.5. The maximum atomic E-state index is 12.5. The van der Waals surface area contributed by atoms with Gasteiger partial charge in [0, 0.05) is 19.1 Å². The molecule has 2 heterocycles. The molecule has 3 atom stereocenters. The first kappa shape index (κ1) is 15.6. The molecule has 1 fully saturated rings. The lowest BCUT2D eigenvalue weighted by molar-refractivity contribution is -0.136. The van der Waals surface area contributed by atoms with Crippen LogP contribution in [0.25, 0.3) is 0 Å². The van der Waals surface area contributed by atoms with Crippen LogP contribution < -0.4 is 11.1 Å². The largest absolute Gasteiger partial charge is 0.472 e. The number of carbonyl (C=O) groups is 2. The Morgan fingerprint density at radius 1 is 1.57 bits per heavy atom. The third-order valence-corrected chi connectivity index (χ3v) is 4.03. The molecule has 3 unspecified atom stereocenters. The maximum Gasteiger partial charge on any atom is 0.255 e. The summed E-state index contributed by atoms with van der Waals surface area (Å²) in [6.07, 6.45) is 4.69. The van der Waals surface area contributed by atoms with Gasteiger partial charge in [-0.15, -0.1) is 0 Å². The second kappa shape index (κ2) is 6.76. The highest BCUT2D eigenvalue weighted by atomic mass is 16.3. The van der Waals surface area contributed by atoms with Crippen molar-refractivity contribution in [3.8, 4) is 0 Å². The Morgan fingerprint density at radius 2 is 2.33 bits per heavy atom. The summed E-state index contributed by atoms with van der Waals surface area (Å²) in [5.41, 5.74) is 6.19. The number of rotatable bonds is 4. The Hall–Kier alpha value is -1.82. The van der Waals surface area contributed by atoms with Gasteiger partial charge in [-0.25, -0.2) is 0 Å². The second-order valence-corrected chi connectivity index (χ2v) is 5.76. The van der Waals surface area contributed by atoms with E-state index in [0.717, 1.165) is 12.8 Å². The van der Waals surface area contributed by atoms with Crippen LogP contribution in [0.3, 0.4) is 0 Å². The molecule has 1 saturated heterocycles. The summed E-state index contributed by atoms with van der Waals surface area (Å²) in [5.74, 6) is 0.201. The van der Waals surface area contributed by atoms with E-state index in [2.05, 4.69) is 12.2 Å². The van der Waals surface area contributed by atoms with Crippen molar-refractivity contribution in [2.24, 2.45) is 11.7 Å². The van der Waals surface area contributed by atoms with Crippen LogP contribution in [-0.2, 0) is 4.79 Å². The minimum Gasteiger partial charge on any atom is -0.472 e. The molecule has 116 valence electrons. The summed E-state index contributed by atoms with van der Waals surface area (Å²) in [4.78, 5) is 26.3. The molecule has 0 spiro atoms. The fraction of sp³-hybridized carbons (Fsp3) is 0.600. The van der Waals surface area contributed by atoms with E-state index in [1.165, 1.54) is 12.5 Å². The van der Waals surface area contributed by atoms with Crippen molar-refractivity contribution in [1.82, 2.24) is 10.2 Å². The van der Waals surface area contributed by atoms with Gasteiger partial charge in [0.2, 0.25) is 5.91 Å². The molecule has 0 saturated carbocycles. The number of hydrogen-bond donors (Lipinski definition) is 2. The van der Waals surface area contributed by atoms with E-state index >= 15 is 0 Å². The van der Waals surface area contributed by atoms with Gasteiger partial charge in [-0.2, -0.15) is 0 Å². The molecule has 6 heteroatoms. The first-order valence-electron chi connectivity index (χ1n) is 7.36. The van der Waals surface area contributed by atoms with Crippen molar-refractivity contribution in [2.75, 3.05) is 13.1 Å². The average Bonchev–Trinajstić information content (AvgIpc) is 3.00. The Morgan fingerprint density at radius 3 is 2.95 bits per heavy atom. The SMILES string of the molecule is CC1CCN(C(=O)C(C)NC(=O)c2ccoc2)C(CN)C1. The van der Waals surface area contributed by atoms with Crippen LogP contribution in [-0.4, -0.2) is 41.9 Å². The highest BCUT2D eigenvalue weighted by Gasteiger charge is 2.31. The summed E-state index contributed by atoms with van der Waals surface area (Å²) in [5, 5.41) is 2.70. The smallest absolute Gasteiger partial charge is 0.255 e. The summed E-state index contributed by atoms with van der Waals surface area (Å²) in [7, 11) is 0. The number of nitrogens with two attached hydrogens (primary N) is 1. The molecule has 6 nitrogen and oxygen atoms in total. The number of amides is 2. The summed E-state index contributed by atoms with van der Waals surface area (Å²) >= 11 is 0. The van der Waals surface area contributed by atoms with Gasteiger partial charge in [-0.3, -0.25) is 9.59 Å². The number of nitrogens with zero attached hydrogens (tertiary/aromatic N) is 1. The van der Waals surface area contributed by atoms with Crippen LogP contribution in [0.15, 0.2) is 23.0 Å². The van der Waals surface area contributed by atoms with Gasteiger partial charge in [-0.05, 0) is 31.7 Å². The van der Waals surface area contributed by atoms with E-state index in [0.29, 0.717) is 24.6 Å². The summed E-state index contributed by atoms with van der Waals surface area (Å²) < 4.78 is 4.87. The highest BCUT2D eigenvalue weighted by Crippen LogP contribution is 2.22. The zero-order valence-corrected chi connectivity index (χ0v) is 12.5. The van der Waals surface area contributed by atoms with E-state index < -0.39 is 6.04 Å². The molecule has 1 aromatic rings. The molecular formula is C15H23N3O3. The lowest BCUT2D eigenvalue weighted by Gasteiger charge is -2.39. The predicted octanol–water partition coefficient (Wildman–Crippen LogP) is 0.984. The van der Waals surface area contributed by atoms with E-state index in [9.17, 15) is 9.59 Å². The number of carbonyl (C=O) groups excluding carboxylic acids is 2. The van der Waals surface area contributed by atoms with Crippen LogP contribution >= 0.6 is 0 Å². The number of hydrogen-bond acceptors (Lipinski definition) is 4. The van der Waals surface area contributed by atoms with Gasteiger partial charge < -0.3 is 20.4 Å². The van der Waals surface area contributed by atoms with E-state index in [1.807, 2.05) is 0 Å². The molecular weight excluding hydrogens is 270 g/mol. The zero-order valence-electron chi connectivity index (χ0n) is 12.5. The van der Waals surface area contributed by atoms with Crippen molar-refractivity contribution in [3.05, 3.63) is 24.2 Å². The summed E-state index contributed by atoms with van der Waals surface area (Å²) in [6, 6.07) is 1.06. The van der Waals surface area contributed by atoms with Gasteiger partial charge >= 0.3 is 0 Å². The van der Waals surface area contributed by atoms with Crippen molar-refractivity contribution < 1.29 is 14.0 Å². The minimum absolute atomic E-state index is 0.0644. The second-order valence-electron chi connectivity index (χ2n) is 5.76. The zero-order chi connectivity index (χ0) is 15.4. The Labute approximate surface area is 124 Å². The predicted molar refractivity (Wildman–Crippen MR) is 78.6 cm³/mol. The van der Waals surface area contributed by atoms with E-state index in [1.54, 1.807) is 17.9 Å². The third kappa shape index (κ3) is 3.64. The average molecular weight is 293 g/mol. The Bertz CT molecular complexity index is 486. The lowest BCUT2D eigenvalue weighted by atomic mass is 9.92. The molecule has 0 aliphatic carbocycles. The monoisotopic (exact) mass is 293 g/mol. The molecule has 21 heavy (non-hydrogen) atoms. The molecule has 0 bridgehead atoms. The molecule has 1 aromatic heterocycles. The first-order valence-corrected chi connectivity index (χ1v) is 7.36. The normalized spacial score (nSPS) is 23.7. The van der Waals surface area contributed by atoms with Crippen LogP contribution in [0.2, 0.25) is 0 Å². The van der Waals surface area contributed by atoms with E-state index in [-0.39, 0.29) is 17.9 Å². The molecule has 2 rings (SSSR count). The highest BCUT2D eigenvalue weighted by molar-refractivity contribution is 5.97. The number of furan rings is 1. The van der Waals surface area contributed by atoms with Gasteiger partial charge in [0.1, 0.15) is 12.3 Å². The van der Waals surface area contributed by atoms with Gasteiger partial charge in [0.15, 0.2) is 0 Å². The van der Waals surface area contributed by atoms with Gasteiger partial charge in [0.05, 0.1) is 11.8 Å². The standard InChI is InChI=1S/C15H23N3O3/c1-10-3-5-18(13(7-10)8-16)15(20)11(2)17-14(19)12-4-6-21-9-12/h4,6,9-11,13H,3,5,7-8,16H2,1-2H3,(H,17,19). The van der Waals surface area contributed by atoms with Crippen LogP contribution in [0.5, 0.6) is 0 Å². The lowest BCUT2D eigenvalue weighted by Crippen LogP contribution is -2.55. The fourth-order valence-electron chi connectivity index (χ4n) is 2.75. The first-order chi connectivity index (χ1) is 10.0. The van der Waals surface area contributed by atoms with Crippen LogP contribution in [0.4, 0.5) is 0 Å². The van der Waals surface area contributed by atoms with Crippen molar-refractivity contribution in [1.29, 1.82) is 0 Å². The quantitative estimate of drug-likeness (QED) is 0.866. The Kier molecular flexibility index (Phi) is 5.01. The van der Waals surface area contributed by atoms with Gasteiger partial charge in [-0.1, -0.05) is 6.92 Å².